The molecular weight excluding hydrogens is 623 g/mol. The van der Waals surface area contributed by atoms with E-state index in [1.54, 1.807) is 0 Å². The quantitative estimate of drug-likeness (QED) is 0.174. The molecular formula is C47H29N3O. The Morgan fingerprint density at radius 1 is 0.333 bits per heavy atom. The lowest BCUT2D eigenvalue weighted by Gasteiger charge is -2.13. The minimum atomic E-state index is 0.598. The molecule has 238 valence electrons. The Balaban J connectivity index is 1.15. The monoisotopic (exact) mass is 651 g/mol. The Morgan fingerprint density at radius 2 is 0.902 bits per heavy atom. The number of rotatable bonds is 5. The Hall–Kier alpha value is -6.91. The van der Waals surface area contributed by atoms with Gasteiger partial charge in [-0.25, -0.2) is 15.0 Å². The van der Waals surface area contributed by atoms with E-state index >= 15 is 0 Å². The van der Waals surface area contributed by atoms with E-state index in [0.717, 1.165) is 60.9 Å². The molecule has 0 amide bonds. The molecule has 8 aromatic carbocycles. The van der Waals surface area contributed by atoms with Crippen LogP contribution in [0.3, 0.4) is 0 Å². The molecule has 0 saturated carbocycles. The van der Waals surface area contributed by atoms with Crippen molar-refractivity contribution in [2.75, 3.05) is 0 Å². The molecule has 10 aromatic rings. The first-order valence-electron chi connectivity index (χ1n) is 17.1. The fourth-order valence-electron chi connectivity index (χ4n) is 7.24. The Labute approximate surface area is 294 Å². The molecule has 0 saturated heterocycles. The first-order chi connectivity index (χ1) is 25.3. The van der Waals surface area contributed by atoms with Crippen LogP contribution in [-0.4, -0.2) is 15.0 Å². The van der Waals surface area contributed by atoms with Crippen molar-refractivity contribution in [2.45, 2.75) is 0 Å². The number of benzene rings is 8. The van der Waals surface area contributed by atoms with Gasteiger partial charge < -0.3 is 4.42 Å². The van der Waals surface area contributed by atoms with E-state index in [9.17, 15) is 0 Å². The van der Waals surface area contributed by atoms with Crippen LogP contribution in [0.2, 0.25) is 0 Å². The third-order valence-electron chi connectivity index (χ3n) is 9.74. The van der Waals surface area contributed by atoms with Gasteiger partial charge >= 0.3 is 0 Å². The van der Waals surface area contributed by atoms with Crippen LogP contribution in [0.25, 0.3) is 99.9 Å². The number of para-hydroxylation sites is 1. The molecule has 0 atom stereocenters. The largest absolute Gasteiger partial charge is 0.456 e. The van der Waals surface area contributed by atoms with Crippen LogP contribution in [0.1, 0.15) is 0 Å². The number of fused-ring (bicyclic) bond motifs is 6. The van der Waals surface area contributed by atoms with E-state index in [0.29, 0.717) is 17.5 Å². The van der Waals surface area contributed by atoms with Crippen molar-refractivity contribution in [3.8, 4) is 56.4 Å². The van der Waals surface area contributed by atoms with E-state index in [1.807, 2.05) is 54.6 Å². The van der Waals surface area contributed by atoms with Crippen molar-refractivity contribution in [3.05, 3.63) is 176 Å². The topological polar surface area (TPSA) is 51.8 Å². The maximum atomic E-state index is 6.37. The van der Waals surface area contributed by atoms with Crippen molar-refractivity contribution in [2.24, 2.45) is 0 Å². The molecule has 2 heterocycles. The van der Waals surface area contributed by atoms with Crippen molar-refractivity contribution >= 4 is 43.5 Å². The van der Waals surface area contributed by atoms with Gasteiger partial charge in [-0.05, 0) is 68.1 Å². The molecule has 0 aliphatic carbocycles. The van der Waals surface area contributed by atoms with Gasteiger partial charge in [0.05, 0.1) is 0 Å². The molecule has 0 unspecified atom stereocenters. The normalized spacial score (nSPS) is 11.5. The smallest absolute Gasteiger partial charge is 0.165 e. The SMILES string of the molecule is c1ccc(-c2nc(-c3ccc(-c4ccc5c(ccc6ccccc65)c4)cc3)nc(-c3c(-c4ccccc4)ccc4oc5ccccc5c34)n2)cc1. The van der Waals surface area contributed by atoms with Gasteiger partial charge in [0, 0.05) is 27.5 Å². The van der Waals surface area contributed by atoms with Gasteiger partial charge in [-0.2, -0.15) is 0 Å². The Bertz CT molecular complexity index is 2900. The van der Waals surface area contributed by atoms with Crippen LogP contribution in [-0.2, 0) is 0 Å². The van der Waals surface area contributed by atoms with Crippen molar-refractivity contribution in [1.29, 1.82) is 0 Å². The predicted molar refractivity (Wildman–Crippen MR) is 209 cm³/mol. The lowest BCUT2D eigenvalue weighted by Crippen LogP contribution is -2.01. The van der Waals surface area contributed by atoms with Crippen molar-refractivity contribution < 1.29 is 4.42 Å². The number of nitrogens with zero attached hydrogens (tertiary/aromatic N) is 3. The van der Waals surface area contributed by atoms with Gasteiger partial charge in [0.25, 0.3) is 0 Å². The van der Waals surface area contributed by atoms with E-state index in [1.165, 1.54) is 21.5 Å². The predicted octanol–water partition coefficient (Wildman–Crippen LogP) is 12.4. The third kappa shape index (κ3) is 5.04. The van der Waals surface area contributed by atoms with Gasteiger partial charge in [0.2, 0.25) is 0 Å². The average Bonchev–Trinajstić information content (AvgIpc) is 3.59. The fourth-order valence-corrected chi connectivity index (χ4v) is 7.24. The Morgan fingerprint density at radius 3 is 1.69 bits per heavy atom. The lowest BCUT2D eigenvalue weighted by molar-refractivity contribution is 0.669. The summed E-state index contributed by atoms with van der Waals surface area (Å²) in [4.78, 5) is 15.5. The summed E-state index contributed by atoms with van der Waals surface area (Å²) in [5.41, 5.74) is 8.79. The van der Waals surface area contributed by atoms with Crippen molar-refractivity contribution in [1.82, 2.24) is 15.0 Å². The molecule has 0 spiro atoms. The minimum absolute atomic E-state index is 0.598. The van der Waals surface area contributed by atoms with Gasteiger partial charge in [0.15, 0.2) is 17.5 Å². The maximum absolute atomic E-state index is 6.37. The van der Waals surface area contributed by atoms with Crippen LogP contribution in [0.15, 0.2) is 180 Å². The highest BCUT2D eigenvalue weighted by molar-refractivity contribution is 6.15. The second kappa shape index (κ2) is 11.9. The van der Waals surface area contributed by atoms with Crippen molar-refractivity contribution in [3.63, 3.8) is 0 Å². The molecule has 2 aromatic heterocycles. The van der Waals surface area contributed by atoms with E-state index < -0.39 is 0 Å². The van der Waals surface area contributed by atoms with Crippen LogP contribution >= 0.6 is 0 Å². The summed E-state index contributed by atoms with van der Waals surface area (Å²) in [5, 5.41) is 7.02. The summed E-state index contributed by atoms with van der Waals surface area (Å²) >= 11 is 0. The highest BCUT2D eigenvalue weighted by Gasteiger charge is 2.22. The van der Waals surface area contributed by atoms with Gasteiger partial charge in [-0.15, -0.1) is 0 Å². The standard InChI is InChI=1S/C47H29N3O/c1-3-11-31(12-4-1)39-27-28-42-43(40-17-9-10-18-41(40)51-42)44(39)47-49-45(33-14-5-2-6-15-33)48-46(50-47)34-22-19-30(20-23-34)35-25-26-38-36(29-35)24-21-32-13-7-8-16-37(32)38/h1-29H. The second-order valence-corrected chi connectivity index (χ2v) is 12.8. The maximum Gasteiger partial charge on any atom is 0.165 e. The van der Waals surface area contributed by atoms with Crippen LogP contribution in [0, 0.1) is 0 Å². The highest BCUT2D eigenvalue weighted by Crippen LogP contribution is 2.42. The zero-order chi connectivity index (χ0) is 33.7. The molecule has 4 heteroatoms. The zero-order valence-corrected chi connectivity index (χ0v) is 27.5. The third-order valence-corrected chi connectivity index (χ3v) is 9.74. The van der Waals surface area contributed by atoms with Crippen LogP contribution in [0.4, 0.5) is 0 Å². The number of furan rings is 1. The summed E-state index contributed by atoms with van der Waals surface area (Å²) < 4.78 is 6.37. The fraction of sp³-hybridized carbons (Fsp3) is 0. The number of aromatic nitrogens is 3. The molecule has 0 N–H and O–H groups in total. The van der Waals surface area contributed by atoms with Gasteiger partial charge in [0.1, 0.15) is 11.2 Å². The zero-order valence-electron chi connectivity index (χ0n) is 27.5. The summed E-state index contributed by atoms with van der Waals surface area (Å²) in [6.45, 7) is 0. The summed E-state index contributed by atoms with van der Waals surface area (Å²) in [6, 6.07) is 61.0. The summed E-state index contributed by atoms with van der Waals surface area (Å²) in [6.07, 6.45) is 0. The Kier molecular flexibility index (Phi) is 6.78. The number of hydrogen-bond donors (Lipinski definition) is 0. The molecule has 0 fully saturated rings. The van der Waals surface area contributed by atoms with E-state index in [-0.39, 0.29) is 0 Å². The average molecular weight is 652 g/mol. The van der Waals surface area contributed by atoms with E-state index in [4.69, 9.17) is 19.4 Å². The summed E-state index contributed by atoms with van der Waals surface area (Å²) in [5.74, 6) is 1.82. The highest BCUT2D eigenvalue weighted by atomic mass is 16.3. The molecule has 4 nitrogen and oxygen atoms in total. The minimum Gasteiger partial charge on any atom is -0.456 e. The second-order valence-electron chi connectivity index (χ2n) is 12.8. The lowest BCUT2D eigenvalue weighted by atomic mass is 9.94. The molecule has 0 radical (unpaired) electrons. The van der Waals surface area contributed by atoms with Gasteiger partial charge in [-0.1, -0.05) is 152 Å². The van der Waals surface area contributed by atoms with Crippen LogP contribution < -0.4 is 0 Å². The first-order valence-corrected chi connectivity index (χ1v) is 17.1. The summed E-state index contributed by atoms with van der Waals surface area (Å²) in [7, 11) is 0. The van der Waals surface area contributed by atoms with E-state index in [2.05, 4.69) is 121 Å². The number of hydrogen-bond acceptors (Lipinski definition) is 4. The molecule has 0 aliphatic heterocycles. The van der Waals surface area contributed by atoms with Crippen LogP contribution in [0.5, 0.6) is 0 Å². The first kappa shape index (κ1) is 29.0. The molecule has 51 heavy (non-hydrogen) atoms. The van der Waals surface area contributed by atoms with Gasteiger partial charge in [-0.3, -0.25) is 0 Å². The molecule has 10 rings (SSSR count). The molecule has 0 bridgehead atoms. The molecule has 0 aliphatic rings.